The van der Waals surface area contributed by atoms with Crippen LogP contribution in [0, 0.1) is 0 Å². The van der Waals surface area contributed by atoms with Gasteiger partial charge < -0.3 is 21.0 Å². The molecule has 0 fully saturated rings. The second-order valence-electron chi connectivity index (χ2n) is 4.06. The molecule has 0 heterocycles. The fourth-order valence-corrected chi connectivity index (χ4v) is 1.63. The Hall–Kier alpha value is -1.59. The van der Waals surface area contributed by atoms with Crippen molar-refractivity contribution >= 4 is 5.84 Å². The summed E-state index contributed by atoms with van der Waals surface area (Å²) < 4.78 is 4.98. The predicted octanol–water partition coefficient (Wildman–Crippen LogP) is 1.30. The Labute approximate surface area is 108 Å². The number of rotatable bonds is 8. The van der Waals surface area contributed by atoms with Crippen LogP contribution >= 0.6 is 0 Å². The van der Waals surface area contributed by atoms with Crippen molar-refractivity contribution in [2.75, 3.05) is 20.3 Å². The van der Waals surface area contributed by atoms with Gasteiger partial charge in [-0.25, -0.2) is 0 Å². The van der Waals surface area contributed by atoms with Crippen LogP contribution in [0.15, 0.2) is 29.4 Å². The Bertz CT molecular complexity index is 380. The fourth-order valence-electron chi connectivity index (χ4n) is 1.63. The predicted molar refractivity (Wildman–Crippen MR) is 71.8 cm³/mol. The first-order chi connectivity index (χ1) is 8.77. The zero-order valence-electron chi connectivity index (χ0n) is 10.7. The molecule has 0 bridgehead atoms. The number of oxime groups is 1. The molecule has 0 atom stereocenters. The summed E-state index contributed by atoms with van der Waals surface area (Å²) in [6.45, 7) is 2.54. The largest absolute Gasteiger partial charge is 0.409 e. The molecule has 1 rings (SSSR count). The van der Waals surface area contributed by atoms with Gasteiger partial charge in [0.25, 0.3) is 0 Å². The van der Waals surface area contributed by atoms with E-state index in [1.54, 1.807) is 7.11 Å². The first-order valence-electron chi connectivity index (χ1n) is 6.04. The van der Waals surface area contributed by atoms with E-state index in [0.717, 1.165) is 43.7 Å². The molecule has 0 aliphatic rings. The summed E-state index contributed by atoms with van der Waals surface area (Å²) in [7, 11) is 1.71. The third-order valence-corrected chi connectivity index (χ3v) is 2.61. The number of ether oxygens (including phenoxy) is 1. The topological polar surface area (TPSA) is 79.9 Å². The van der Waals surface area contributed by atoms with Gasteiger partial charge in [0.05, 0.1) is 0 Å². The summed E-state index contributed by atoms with van der Waals surface area (Å²) in [6, 6.07) is 7.64. The van der Waals surface area contributed by atoms with Crippen molar-refractivity contribution in [1.82, 2.24) is 5.32 Å². The summed E-state index contributed by atoms with van der Waals surface area (Å²) in [5.74, 6) is 0.136. The Morgan fingerprint density at radius 3 is 3.00 bits per heavy atom. The smallest absolute Gasteiger partial charge is 0.170 e. The van der Waals surface area contributed by atoms with Gasteiger partial charge in [-0.2, -0.15) is 0 Å². The Morgan fingerprint density at radius 2 is 2.28 bits per heavy atom. The highest BCUT2D eigenvalue weighted by Crippen LogP contribution is 2.05. The van der Waals surface area contributed by atoms with Crippen molar-refractivity contribution in [3.05, 3.63) is 35.4 Å². The molecule has 18 heavy (non-hydrogen) atoms. The van der Waals surface area contributed by atoms with E-state index >= 15 is 0 Å². The van der Waals surface area contributed by atoms with Gasteiger partial charge in [-0.15, -0.1) is 0 Å². The zero-order chi connectivity index (χ0) is 13.2. The van der Waals surface area contributed by atoms with Crippen LogP contribution in [-0.4, -0.2) is 31.3 Å². The molecule has 0 aliphatic carbocycles. The van der Waals surface area contributed by atoms with Crippen molar-refractivity contribution < 1.29 is 9.94 Å². The van der Waals surface area contributed by atoms with Crippen LogP contribution in [0.3, 0.4) is 0 Å². The van der Waals surface area contributed by atoms with Gasteiger partial charge in [0.15, 0.2) is 5.84 Å². The monoisotopic (exact) mass is 251 g/mol. The number of benzene rings is 1. The summed E-state index contributed by atoms with van der Waals surface area (Å²) in [4.78, 5) is 0. The van der Waals surface area contributed by atoms with Crippen molar-refractivity contribution in [1.29, 1.82) is 0 Å². The number of hydrogen-bond acceptors (Lipinski definition) is 4. The lowest BCUT2D eigenvalue weighted by molar-refractivity contribution is 0.192. The number of nitrogens with zero attached hydrogens (tertiary/aromatic N) is 1. The molecule has 0 aliphatic heterocycles. The minimum atomic E-state index is 0.136. The zero-order valence-corrected chi connectivity index (χ0v) is 10.7. The highest BCUT2D eigenvalue weighted by molar-refractivity contribution is 5.97. The lowest BCUT2D eigenvalue weighted by atomic mass is 10.1. The molecule has 0 saturated heterocycles. The molecule has 5 heteroatoms. The standard InChI is InChI=1S/C13H21N3O2/c1-18-8-3-2-7-15-10-11-5-4-6-12(9-11)13(14)16-17/h4-6,9,15,17H,2-3,7-8,10H2,1H3,(H2,14,16). The molecule has 0 aromatic heterocycles. The van der Waals surface area contributed by atoms with Crippen molar-refractivity contribution in [2.24, 2.45) is 10.9 Å². The Balaban J connectivity index is 2.34. The molecule has 1 aromatic rings. The summed E-state index contributed by atoms with van der Waals surface area (Å²) in [6.07, 6.45) is 2.15. The van der Waals surface area contributed by atoms with Crippen LogP contribution in [0.1, 0.15) is 24.0 Å². The number of nitrogens with two attached hydrogens (primary N) is 1. The quantitative estimate of drug-likeness (QED) is 0.214. The first-order valence-corrected chi connectivity index (χ1v) is 6.04. The van der Waals surface area contributed by atoms with Crippen molar-refractivity contribution in [3.8, 4) is 0 Å². The van der Waals surface area contributed by atoms with Crippen LogP contribution in [0.5, 0.6) is 0 Å². The lowest BCUT2D eigenvalue weighted by Gasteiger charge is -2.06. The molecular formula is C13H21N3O2. The van der Waals surface area contributed by atoms with E-state index in [0.29, 0.717) is 0 Å². The van der Waals surface area contributed by atoms with Crippen LogP contribution in [-0.2, 0) is 11.3 Å². The molecule has 100 valence electrons. The number of nitrogens with one attached hydrogen (secondary N) is 1. The van der Waals surface area contributed by atoms with E-state index < -0.39 is 0 Å². The summed E-state index contributed by atoms with van der Waals surface area (Å²) >= 11 is 0. The van der Waals surface area contributed by atoms with Crippen LogP contribution in [0.4, 0.5) is 0 Å². The molecule has 0 radical (unpaired) electrons. The SMILES string of the molecule is COCCCCNCc1cccc(C(N)=NO)c1. The van der Waals surface area contributed by atoms with Crippen molar-refractivity contribution in [3.63, 3.8) is 0 Å². The fraction of sp³-hybridized carbons (Fsp3) is 0.462. The third kappa shape index (κ3) is 5.16. The Morgan fingerprint density at radius 1 is 1.44 bits per heavy atom. The highest BCUT2D eigenvalue weighted by Gasteiger charge is 2.00. The lowest BCUT2D eigenvalue weighted by Crippen LogP contribution is -2.17. The summed E-state index contributed by atoms with van der Waals surface area (Å²) in [5.41, 5.74) is 7.39. The maximum absolute atomic E-state index is 8.61. The third-order valence-electron chi connectivity index (χ3n) is 2.61. The van der Waals surface area contributed by atoms with Gasteiger partial charge in [0, 0.05) is 25.8 Å². The van der Waals surface area contributed by atoms with Crippen LogP contribution in [0.25, 0.3) is 0 Å². The summed E-state index contributed by atoms with van der Waals surface area (Å²) in [5, 5.41) is 14.9. The van der Waals surface area contributed by atoms with Gasteiger partial charge >= 0.3 is 0 Å². The molecule has 0 spiro atoms. The van der Waals surface area contributed by atoms with Gasteiger partial charge in [-0.1, -0.05) is 23.4 Å². The Kier molecular flexibility index (Phi) is 6.83. The van der Waals surface area contributed by atoms with Gasteiger partial charge in [0.2, 0.25) is 0 Å². The minimum absolute atomic E-state index is 0.136. The van der Waals surface area contributed by atoms with Crippen LogP contribution in [0.2, 0.25) is 0 Å². The maximum atomic E-state index is 8.61. The van der Waals surface area contributed by atoms with Crippen LogP contribution < -0.4 is 11.1 Å². The van der Waals surface area contributed by atoms with E-state index in [1.807, 2.05) is 24.3 Å². The normalized spacial score (nSPS) is 11.7. The molecule has 0 saturated carbocycles. The number of amidine groups is 1. The van der Waals surface area contributed by atoms with E-state index in [1.165, 1.54) is 0 Å². The van der Waals surface area contributed by atoms with Gasteiger partial charge in [-0.3, -0.25) is 0 Å². The molecule has 1 aromatic carbocycles. The van der Waals surface area contributed by atoms with Gasteiger partial charge in [0.1, 0.15) is 0 Å². The highest BCUT2D eigenvalue weighted by atomic mass is 16.5. The van der Waals surface area contributed by atoms with E-state index in [9.17, 15) is 0 Å². The molecule has 5 nitrogen and oxygen atoms in total. The average molecular weight is 251 g/mol. The number of hydrogen-bond donors (Lipinski definition) is 3. The number of unbranched alkanes of at least 4 members (excludes halogenated alkanes) is 1. The molecule has 0 unspecified atom stereocenters. The second-order valence-corrected chi connectivity index (χ2v) is 4.06. The van der Waals surface area contributed by atoms with Crippen molar-refractivity contribution in [2.45, 2.75) is 19.4 Å². The first kappa shape index (κ1) is 14.5. The molecule has 0 amide bonds. The van der Waals surface area contributed by atoms with E-state index in [-0.39, 0.29) is 5.84 Å². The van der Waals surface area contributed by atoms with E-state index in [4.69, 9.17) is 15.7 Å². The van der Waals surface area contributed by atoms with Gasteiger partial charge in [-0.05, 0) is 31.0 Å². The molecule has 4 N–H and O–H groups in total. The maximum Gasteiger partial charge on any atom is 0.170 e. The minimum Gasteiger partial charge on any atom is -0.409 e. The second kappa shape index (κ2) is 8.49. The van der Waals surface area contributed by atoms with E-state index in [2.05, 4.69) is 10.5 Å². The average Bonchev–Trinajstić information content (AvgIpc) is 2.42. The number of methoxy groups -OCH3 is 1. The molecular weight excluding hydrogens is 230 g/mol.